The summed E-state index contributed by atoms with van der Waals surface area (Å²) in [6.45, 7) is 6.24. The maximum Gasteiger partial charge on any atom is 0.524 e. The number of amides is 7. The average molecular weight is 756 g/mol. The SMILES string of the molecule is CC(=O)N[C@@H](Cc1ccc(OP(=O)(O)O)cc1)C(=O)N[C@@H](CC(C)C)C(=O)N1CCCC[C@H]1C(=O)N[C@@H](CCC(N)=O)C(=O)N[C@H](C(N)=O)[C@@H](C)O. The standard InChI is InChI=1S/C32H50N7O12P/c1-17(2)15-24(37-30(45)23(35-19(4)41)16-20-8-10-21(11-9-20)51-52(48,49)50)32(47)39-14-6-5-7-25(39)31(46)36-22(12-13-26(33)42)29(44)38-27(18(3)40)28(34)43/h8-11,17-18,22-25,27,40H,5-7,12-16H2,1-4H3,(H2,33,42)(H2,34,43)(H,35,41)(H,36,46)(H,37,45)(H,38,44)(H2,48,49,50)/t18-,22+,23+,24+,25+,27+/m1/s1. The Morgan fingerprint density at radius 3 is 2.04 bits per heavy atom. The molecule has 1 saturated heterocycles. The van der Waals surface area contributed by atoms with Crippen molar-refractivity contribution in [3.05, 3.63) is 29.8 Å². The van der Waals surface area contributed by atoms with Gasteiger partial charge in [-0.2, -0.15) is 0 Å². The summed E-state index contributed by atoms with van der Waals surface area (Å²) in [5, 5.41) is 20.0. The lowest BCUT2D eigenvalue weighted by molar-refractivity contribution is -0.146. The Hall–Kier alpha value is -4.58. The summed E-state index contributed by atoms with van der Waals surface area (Å²) in [6, 6.07) is -0.772. The number of likely N-dealkylation sites (tertiary alicyclic amines) is 1. The number of rotatable bonds is 19. The molecule has 0 saturated carbocycles. The third kappa shape index (κ3) is 14.6. The van der Waals surface area contributed by atoms with Gasteiger partial charge >= 0.3 is 7.82 Å². The number of hydrogen-bond acceptors (Lipinski definition) is 10. The first-order chi connectivity index (χ1) is 24.2. The minimum absolute atomic E-state index is 0.0562. The number of phosphoric acid groups is 1. The van der Waals surface area contributed by atoms with Crippen molar-refractivity contribution in [2.45, 2.75) is 109 Å². The molecule has 0 spiro atoms. The van der Waals surface area contributed by atoms with Gasteiger partial charge in [-0.15, -0.1) is 0 Å². The highest BCUT2D eigenvalue weighted by Crippen LogP contribution is 2.37. The molecule has 1 aliphatic heterocycles. The Labute approximate surface area is 301 Å². The minimum atomic E-state index is -4.80. The zero-order valence-corrected chi connectivity index (χ0v) is 30.5. The van der Waals surface area contributed by atoms with Gasteiger partial charge in [-0.05, 0) is 62.6 Å². The van der Waals surface area contributed by atoms with Crippen LogP contribution in [0, 0.1) is 5.92 Å². The van der Waals surface area contributed by atoms with Crippen molar-refractivity contribution in [1.29, 1.82) is 0 Å². The predicted molar refractivity (Wildman–Crippen MR) is 184 cm³/mol. The molecule has 7 amide bonds. The molecule has 2 rings (SSSR count). The Kier molecular flexibility index (Phi) is 16.7. The van der Waals surface area contributed by atoms with Gasteiger partial charge in [0.05, 0.1) is 6.10 Å². The van der Waals surface area contributed by atoms with E-state index < -0.39 is 85.5 Å². The van der Waals surface area contributed by atoms with E-state index in [0.29, 0.717) is 18.4 Å². The van der Waals surface area contributed by atoms with Gasteiger partial charge in [-0.25, -0.2) is 4.57 Å². The number of aliphatic hydroxyl groups excluding tert-OH is 1. The van der Waals surface area contributed by atoms with E-state index in [4.69, 9.17) is 21.3 Å². The highest BCUT2D eigenvalue weighted by molar-refractivity contribution is 7.46. The first kappa shape index (κ1) is 43.6. The van der Waals surface area contributed by atoms with Crippen molar-refractivity contribution in [2.24, 2.45) is 17.4 Å². The Balaban J connectivity index is 2.31. The Bertz CT molecular complexity index is 1500. The summed E-state index contributed by atoms with van der Waals surface area (Å²) in [5.41, 5.74) is 11.0. The normalized spacial score (nSPS) is 17.5. The van der Waals surface area contributed by atoms with E-state index in [2.05, 4.69) is 25.8 Å². The maximum atomic E-state index is 14.1. The van der Waals surface area contributed by atoms with Gasteiger partial charge in [0.1, 0.15) is 36.0 Å². The second-order valence-electron chi connectivity index (χ2n) is 13.1. The highest BCUT2D eigenvalue weighted by Gasteiger charge is 2.39. The first-order valence-corrected chi connectivity index (χ1v) is 18.3. The minimum Gasteiger partial charge on any atom is -0.404 e. The van der Waals surface area contributed by atoms with Crippen molar-refractivity contribution in [2.75, 3.05) is 6.54 Å². The summed E-state index contributed by atoms with van der Waals surface area (Å²) in [5.74, 6) is -5.48. The van der Waals surface area contributed by atoms with Crippen LogP contribution in [0.4, 0.5) is 0 Å². The molecular weight excluding hydrogens is 705 g/mol. The Morgan fingerprint density at radius 2 is 1.52 bits per heavy atom. The van der Waals surface area contributed by atoms with E-state index in [1.165, 1.54) is 43.0 Å². The largest absolute Gasteiger partial charge is 0.524 e. The van der Waals surface area contributed by atoms with E-state index in [-0.39, 0.29) is 50.3 Å². The summed E-state index contributed by atoms with van der Waals surface area (Å²) >= 11 is 0. The molecule has 0 aromatic heterocycles. The molecule has 20 heteroatoms. The summed E-state index contributed by atoms with van der Waals surface area (Å²) in [6.07, 6.45) is -0.538. The number of nitrogens with one attached hydrogen (secondary N) is 4. The number of phosphoric ester groups is 1. The van der Waals surface area contributed by atoms with Gasteiger partial charge in [0.2, 0.25) is 41.4 Å². The second-order valence-corrected chi connectivity index (χ2v) is 14.3. The van der Waals surface area contributed by atoms with Crippen LogP contribution in [0.1, 0.15) is 71.8 Å². The summed E-state index contributed by atoms with van der Waals surface area (Å²) in [4.78, 5) is 109. The fourth-order valence-corrected chi connectivity index (χ4v) is 6.05. The number of hydrogen-bond donors (Lipinski definition) is 9. The monoisotopic (exact) mass is 755 g/mol. The molecule has 0 bridgehead atoms. The van der Waals surface area contributed by atoms with Crippen LogP contribution in [-0.4, -0.2) is 104 Å². The van der Waals surface area contributed by atoms with E-state index in [1.54, 1.807) is 0 Å². The van der Waals surface area contributed by atoms with Crippen LogP contribution in [-0.2, 0) is 44.5 Å². The van der Waals surface area contributed by atoms with Crippen LogP contribution in [0.3, 0.4) is 0 Å². The summed E-state index contributed by atoms with van der Waals surface area (Å²) in [7, 11) is -4.80. The average Bonchev–Trinajstić information content (AvgIpc) is 3.03. The number of benzene rings is 1. The van der Waals surface area contributed by atoms with Gasteiger partial charge in [-0.1, -0.05) is 26.0 Å². The van der Waals surface area contributed by atoms with Crippen LogP contribution < -0.4 is 37.3 Å². The molecule has 52 heavy (non-hydrogen) atoms. The topological polar surface area (TPSA) is 310 Å². The van der Waals surface area contributed by atoms with Crippen molar-refractivity contribution in [3.63, 3.8) is 0 Å². The molecule has 1 aromatic carbocycles. The predicted octanol–water partition coefficient (Wildman–Crippen LogP) is -1.78. The van der Waals surface area contributed by atoms with Crippen LogP contribution in [0.25, 0.3) is 0 Å². The third-order valence-corrected chi connectivity index (χ3v) is 8.54. The van der Waals surface area contributed by atoms with Crippen LogP contribution in [0.15, 0.2) is 24.3 Å². The van der Waals surface area contributed by atoms with Crippen LogP contribution in [0.5, 0.6) is 5.75 Å². The maximum absolute atomic E-state index is 14.1. The van der Waals surface area contributed by atoms with Crippen LogP contribution >= 0.6 is 7.82 Å². The molecule has 6 atom stereocenters. The Morgan fingerprint density at radius 1 is 0.904 bits per heavy atom. The lowest BCUT2D eigenvalue weighted by Gasteiger charge is -2.38. The molecule has 1 fully saturated rings. The molecule has 1 aromatic rings. The molecule has 0 unspecified atom stereocenters. The number of piperidine rings is 1. The van der Waals surface area contributed by atoms with E-state index in [1.807, 2.05) is 13.8 Å². The zero-order chi connectivity index (χ0) is 39.3. The smallest absolute Gasteiger partial charge is 0.404 e. The molecule has 1 heterocycles. The number of carbonyl (C=O) groups excluding carboxylic acids is 7. The summed E-state index contributed by atoms with van der Waals surface area (Å²) < 4.78 is 15.7. The van der Waals surface area contributed by atoms with E-state index in [0.717, 1.165) is 0 Å². The quantitative estimate of drug-likeness (QED) is 0.0708. The second kappa shape index (κ2) is 19.9. The lowest BCUT2D eigenvalue weighted by Crippen LogP contribution is -2.61. The number of nitrogens with two attached hydrogens (primary N) is 2. The van der Waals surface area contributed by atoms with Gasteiger partial charge in [0.25, 0.3) is 0 Å². The van der Waals surface area contributed by atoms with Gasteiger partial charge in [-0.3, -0.25) is 43.3 Å². The lowest BCUT2D eigenvalue weighted by atomic mass is 9.96. The van der Waals surface area contributed by atoms with E-state index in [9.17, 15) is 43.2 Å². The zero-order valence-electron chi connectivity index (χ0n) is 29.6. The van der Waals surface area contributed by atoms with Crippen molar-refractivity contribution in [3.8, 4) is 5.75 Å². The molecular formula is C32H50N7O12P. The van der Waals surface area contributed by atoms with E-state index >= 15 is 0 Å². The fourth-order valence-electron chi connectivity index (χ4n) is 5.65. The number of nitrogens with zero attached hydrogens (tertiary/aromatic N) is 1. The van der Waals surface area contributed by atoms with Gasteiger partial charge < -0.3 is 47.3 Å². The first-order valence-electron chi connectivity index (χ1n) is 16.8. The third-order valence-electron chi connectivity index (χ3n) is 8.09. The van der Waals surface area contributed by atoms with Crippen molar-refractivity contribution in [1.82, 2.24) is 26.2 Å². The highest BCUT2D eigenvalue weighted by atomic mass is 31.2. The molecule has 290 valence electrons. The van der Waals surface area contributed by atoms with Gasteiger partial charge in [0.15, 0.2) is 0 Å². The number of aliphatic hydroxyl groups is 1. The molecule has 0 aliphatic carbocycles. The van der Waals surface area contributed by atoms with Crippen molar-refractivity contribution < 1.29 is 57.5 Å². The molecule has 11 N–H and O–H groups in total. The van der Waals surface area contributed by atoms with Gasteiger partial charge in [0, 0.05) is 26.3 Å². The molecule has 1 aliphatic rings. The van der Waals surface area contributed by atoms with Crippen LogP contribution in [0.2, 0.25) is 0 Å². The number of primary amides is 2. The van der Waals surface area contributed by atoms with Crippen molar-refractivity contribution >= 4 is 49.2 Å². The molecule has 19 nitrogen and oxygen atoms in total. The molecule has 0 radical (unpaired) electrons. The fraction of sp³-hybridized carbons (Fsp3) is 0.594. The number of carbonyl (C=O) groups is 7.